The van der Waals surface area contributed by atoms with Crippen LogP contribution in [0, 0.1) is 0 Å². The number of pyridine rings is 1. The van der Waals surface area contributed by atoms with Gasteiger partial charge in [-0.25, -0.2) is 0 Å². The molecule has 0 aliphatic carbocycles. The number of alkyl halides is 3. The summed E-state index contributed by atoms with van der Waals surface area (Å²) in [7, 11) is 0. The molecule has 0 aliphatic heterocycles. The normalized spacial score (nSPS) is 11.1. The lowest BCUT2D eigenvalue weighted by atomic mass is 10.2. The van der Waals surface area contributed by atoms with E-state index in [0.717, 1.165) is 12.3 Å². The second-order valence-corrected chi connectivity index (χ2v) is 3.89. The van der Waals surface area contributed by atoms with E-state index in [4.69, 9.17) is 0 Å². The predicted molar refractivity (Wildman–Crippen MR) is 62.0 cm³/mol. The van der Waals surface area contributed by atoms with Crippen molar-refractivity contribution in [1.29, 1.82) is 0 Å². The number of rotatable bonds is 5. The monoisotopic (exact) mass is 294 g/mol. The molecule has 0 atom stereocenters. The van der Waals surface area contributed by atoms with Gasteiger partial charge in [-0.1, -0.05) is 0 Å². The highest BCUT2D eigenvalue weighted by atomic mass is 19.4. The molecule has 1 rings (SSSR count). The maximum absolute atomic E-state index is 12.4. The molecule has 1 amide bonds. The maximum Gasteiger partial charge on any atom is 0.417 e. The van der Waals surface area contributed by atoms with Gasteiger partial charge in [0.2, 0.25) is 5.91 Å². The fourth-order valence-corrected chi connectivity index (χ4v) is 1.36. The lowest BCUT2D eigenvalue weighted by molar-refractivity contribution is -0.137. The molecule has 0 unspecified atom stereocenters. The minimum Gasteiger partial charge on any atom is -0.325 e. The van der Waals surface area contributed by atoms with Crippen LogP contribution in [0.5, 0.6) is 0 Å². The van der Waals surface area contributed by atoms with Crippen molar-refractivity contribution in [1.82, 2.24) is 4.98 Å². The summed E-state index contributed by atoms with van der Waals surface area (Å²) in [5.41, 5.74) is -1.06. The first-order chi connectivity index (χ1) is 9.29. The Kier molecular flexibility index (Phi) is 5.60. The highest BCUT2D eigenvalue weighted by molar-refractivity contribution is 5.90. The van der Waals surface area contributed by atoms with Crippen molar-refractivity contribution in [2.45, 2.75) is 25.4 Å². The lowest BCUT2D eigenvalue weighted by Crippen LogP contribution is -2.13. The summed E-state index contributed by atoms with van der Waals surface area (Å²) in [6, 6.07) is 0.756. The van der Waals surface area contributed by atoms with Gasteiger partial charge in [0.05, 0.1) is 17.4 Å². The topological polar surface area (TPSA) is 42.0 Å². The molecule has 110 valence electrons. The van der Waals surface area contributed by atoms with Crippen LogP contribution in [-0.4, -0.2) is 10.9 Å². The molecule has 0 bridgehead atoms. The van der Waals surface area contributed by atoms with Gasteiger partial charge in [0.25, 0.3) is 6.08 Å². The Bertz CT molecular complexity index is 495. The van der Waals surface area contributed by atoms with E-state index in [1.54, 1.807) is 0 Å². The third-order valence-electron chi connectivity index (χ3n) is 2.26. The minimum absolute atomic E-state index is 0.0244. The van der Waals surface area contributed by atoms with E-state index in [1.807, 2.05) is 0 Å². The molecule has 0 saturated carbocycles. The third-order valence-corrected chi connectivity index (χ3v) is 2.26. The Morgan fingerprint density at radius 2 is 2.00 bits per heavy atom. The van der Waals surface area contributed by atoms with Gasteiger partial charge in [0.15, 0.2) is 0 Å². The van der Waals surface area contributed by atoms with E-state index < -0.39 is 23.7 Å². The zero-order chi connectivity index (χ0) is 15.2. The van der Waals surface area contributed by atoms with Gasteiger partial charge in [-0.2, -0.15) is 22.0 Å². The summed E-state index contributed by atoms with van der Waals surface area (Å²) in [4.78, 5) is 14.8. The summed E-state index contributed by atoms with van der Waals surface area (Å²) in [5, 5.41) is 2.23. The number of carbonyl (C=O) groups is 1. The SMILES string of the molecule is O=C(CCCC=C(F)F)Nc1cncc(C(F)(F)F)c1. The number of nitrogens with one attached hydrogen (secondary N) is 1. The molecule has 0 aromatic carbocycles. The first kappa shape index (κ1) is 16.1. The average Bonchev–Trinajstić information content (AvgIpc) is 2.34. The number of hydrogen-bond donors (Lipinski definition) is 1. The highest BCUT2D eigenvalue weighted by Crippen LogP contribution is 2.29. The van der Waals surface area contributed by atoms with Crippen molar-refractivity contribution in [3.63, 3.8) is 0 Å². The minimum atomic E-state index is -4.54. The number of carbonyl (C=O) groups excluding carboxylic acids is 1. The quantitative estimate of drug-likeness (QED) is 0.659. The summed E-state index contributed by atoms with van der Waals surface area (Å²) >= 11 is 0. The van der Waals surface area contributed by atoms with Crippen molar-refractivity contribution in [2.75, 3.05) is 5.32 Å². The molecule has 1 aromatic rings. The van der Waals surface area contributed by atoms with Crippen molar-refractivity contribution >= 4 is 11.6 Å². The number of amides is 1. The maximum atomic E-state index is 12.4. The molecular formula is C12H11F5N2O. The van der Waals surface area contributed by atoms with Crippen molar-refractivity contribution < 1.29 is 26.7 Å². The van der Waals surface area contributed by atoms with Crippen LogP contribution in [0.3, 0.4) is 0 Å². The molecule has 3 nitrogen and oxygen atoms in total. The predicted octanol–water partition coefficient (Wildman–Crippen LogP) is 3.99. The Morgan fingerprint density at radius 1 is 1.30 bits per heavy atom. The van der Waals surface area contributed by atoms with Gasteiger partial charge < -0.3 is 5.32 Å². The molecule has 0 spiro atoms. The first-order valence-corrected chi connectivity index (χ1v) is 5.62. The van der Waals surface area contributed by atoms with Gasteiger partial charge in [-0.15, -0.1) is 0 Å². The Hall–Kier alpha value is -1.99. The Balaban J connectivity index is 2.52. The van der Waals surface area contributed by atoms with E-state index in [2.05, 4.69) is 10.3 Å². The van der Waals surface area contributed by atoms with E-state index in [-0.39, 0.29) is 24.9 Å². The number of allylic oxidation sites excluding steroid dienone is 1. The fourth-order valence-electron chi connectivity index (χ4n) is 1.36. The van der Waals surface area contributed by atoms with Crippen molar-refractivity contribution in [3.8, 4) is 0 Å². The van der Waals surface area contributed by atoms with E-state index in [0.29, 0.717) is 12.3 Å². The molecule has 1 N–H and O–H groups in total. The van der Waals surface area contributed by atoms with Gasteiger partial charge in [-0.3, -0.25) is 9.78 Å². The van der Waals surface area contributed by atoms with Gasteiger partial charge in [0, 0.05) is 12.6 Å². The zero-order valence-corrected chi connectivity index (χ0v) is 10.2. The molecular weight excluding hydrogens is 283 g/mol. The van der Waals surface area contributed by atoms with Crippen LogP contribution in [-0.2, 0) is 11.0 Å². The van der Waals surface area contributed by atoms with Crippen LogP contribution in [0.25, 0.3) is 0 Å². The van der Waals surface area contributed by atoms with Crippen LogP contribution >= 0.6 is 0 Å². The molecule has 0 saturated heterocycles. The van der Waals surface area contributed by atoms with E-state index >= 15 is 0 Å². The number of unbranched alkanes of at least 4 members (excludes halogenated alkanes) is 1. The van der Waals surface area contributed by atoms with Crippen molar-refractivity contribution in [2.24, 2.45) is 0 Å². The van der Waals surface area contributed by atoms with Crippen LogP contribution in [0.1, 0.15) is 24.8 Å². The van der Waals surface area contributed by atoms with E-state index in [9.17, 15) is 26.7 Å². The van der Waals surface area contributed by atoms with Crippen LogP contribution < -0.4 is 5.32 Å². The summed E-state index contributed by atoms with van der Waals surface area (Å²) in [6.45, 7) is 0. The number of aromatic nitrogens is 1. The Morgan fingerprint density at radius 3 is 2.60 bits per heavy atom. The third kappa shape index (κ3) is 5.77. The van der Waals surface area contributed by atoms with Crippen LogP contribution in [0.15, 0.2) is 30.6 Å². The summed E-state index contributed by atoms with van der Waals surface area (Å²) in [6.07, 6.45) is -3.84. The van der Waals surface area contributed by atoms with Crippen LogP contribution in [0.4, 0.5) is 27.6 Å². The second-order valence-electron chi connectivity index (χ2n) is 3.89. The number of nitrogens with zero attached hydrogens (tertiary/aromatic N) is 1. The number of hydrogen-bond acceptors (Lipinski definition) is 2. The molecule has 0 aliphatic rings. The zero-order valence-electron chi connectivity index (χ0n) is 10.2. The fraction of sp³-hybridized carbons (Fsp3) is 0.333. The molecule has 20 heavy (non-hydrogen) atoms. The summed E-state index contributed by atoms with van der Waals surface area (Å²) < 4.78 is 60.6. The Labute approximate surface area is 111 Å². The highest BCUT2D eigenvalue weighted by Gasteiger charge is 2.31. The lowest BCUT2D eigenvalue weighted by Gasteiger charge is -2.09. The number of anilines is 1. The average molecular weight is 294 g/mol. The molecule has 0 radical (unpaired) electrons. The smallest absolute Gasteiger partial charge is 0.325 e. The standard InChI is InChI=1S/C12H11F5N2O/c13-10(14)3-1-2-4-11(20)19-9-5-8(6-18-7-9)12(15,16)17/h3,5-7H,1-2,4H2,(H,19,20). The molecule has 1 heterocycles. The van der Waals surface area contributed by atoms with Crippen LogP contribution in [0.2, 0.25) is 0 Å². The number of halogens is 5. The molecule has 1 aromatic heterocycles. The van der Waals surface area contributed by atoms with Gasteiger partial charge in [-0.05, 0) is 25.0 Å². The second kappa shape index (κ2) is 6.97. The van der Waals surface area contributed by atoms with Gasteiger partial charge >= 0.3 is 6.18 Å². The molecule has 0 fully saturated rings. The largest absolute Gasteiger partial charge is 0.417 e. The van der Waals surface area contributed by atoms with E-state index in [1.165, 1.54) is 0 Å². The van der Waals surface area contributed by atoms with Crippen molar-refractivity contribution in [3.05, 3.63) is 36.2 Å². The summed E-state index contributed by atoms with van der Waals surface area (Å²) in [5.74, 6) is -0.557. The van der Waals surface area contributed by atoms with Gasteiger partial charge in [0.1, 0.15) is 0 Å². The molecule has 8 heteroatoms. The first-order valence-electron chi connectivity index (χ1n) is 5.62.